The molecule has 1 aromatic carbocycles. The number of carbonyl (C=O) groups is 2. The van der Waals surface area contributed by atoms with Gasteiger partial charge in [0.1, 0.15) is 5.75 Å². The highest BCUT2D eigenvalue weighted by molar-refractivity contribution is 7.65. The van der Waals surface area contributed by atoms with Crippen molar-refractivity contribution in [2.45, 2.75) is 6.92 Å². The summed E-state index contributed by atoms with van der Waals surface area (Å²) in [6.07, 6.45) is 1.18. The molecule has 1 saturated heterocycles. The first kappa shape index (κ1) is 19.6. The van der Waals surface area contributed by atoms with Gasteiger partial charge >= 0.3 is 11.9 Å². The first-order valence-electron chi connectivity index (χ1n) is 7.74. The standard InChI is InChI=1S/C16H23N2O6P/c1-12-3-4-13(24-11-23-2)14(5-12)25-9-17(6-15(19)20)8-18(10-25)7-16(21)22/h3-5H,6-11H2,1-2H3,(H,19,20)(H,21,22). The first-order chi connectivity index (χ1) is 11.9. The van der Waals surface area contributed by atoms with E-state index >= 15 is 0 Å². The number of hydrogen-bond donors (Lipinski definition) is 2. The predicted octanol–water partition coefficient (Wildman–Crippen LogP) is 0.744. The number of methoxy groups -OCH3 is 1. The zero-order chi connectivity index (χ0) is 18.4. The van der Waals surface area contributed by atoms with Gasteiger partial charge in [-0.3, -0.25) is 19.4 Å². The minimum atomic E-state index is -0.924. The molecule has 1 aliphatic rings. The molecule has 25 heavy (non-hydrogen) atoms. The quantitative estimate of drug-likeness (QED) is 0.511. The average molecular weight is 370 g/mol. The third kappa shape index (κ3) is 5.93. The third-order valence-electron chi connectivity index (χ3n) is 3.65. The number of hydrogen-bond acceptors (Lipinski definition) is 6. The van der Waals surface area contributed by atoms with Gasteiger partial charge in [-0.15, -0.1) is 0 Å². The number of benzene rings is 1. The Bertz CT molecular complexity index is 603. The Morgan fingerprint density at radius 1 is 1.16 bits per heavy atom. The zero-order valence-corrected chi connectivity index (χ0v) is 15.2. The summed E-state index contributed by atoms with van der Waals surface area (Å²) in [5.74, 6) is -1.15. The summed E-state index contributed by atoms with van der Waals surface area (Å²) in [6, 6.07) is 5.85. The lowest BCUT2D eigenvalue weighted by Crippen LogP contribution is -2.48. The van der Waals surface area contributed by atoms with Crippen LogP contribution in [0.25, 0.3) is 0 Å². The molecule has 0 spiro atoms. The summed E-state index contributed by atoms with van der Waals surface area (Å²) < 4.78 is 10.6. The molecule has 0 saturated carbocycles. The molecule has 138 valence electrons. The summed E-state index contributed by atoms with van der Waals surface area (Å²) in [7, 11) is 0.729. The van der Waals surface area contributed by atoms with Crippen molar-refractivity contribution in [2.24, 2.45) is 0 Å². The molecule has 1 aliphatic heterocycles. The molecular formula is C16H23N2O6P. The normalized spacial score (nSPS) is 16.7. The van der Waals surface area contributed by atoms with Gasteiger partial charge in [-0.1, -0.05) is 11.6 Å². The second-order valence-corrected chi connectivity index (χ2v) is 8.06. The fourth-order valence-corrected chi connectivity index (χ4v) is 5.33. The molecule has 0 amide bonds. The van der Waals surface area contributed by atoms with Gasteiger partial charge in [-0.05, 0) is 27.0 Å². The SMILES string of the molecule is COCOc1ccc(C)cc1P1CN(CC(=O)O)CN(CC(=O)O)C1. The number of carboxylic acid groups (broad SMARTS) is 2. The predicted molar refractivity (Wildman–Crippen MR) is 93.5 cm³/mol. The van der Waals surface area contributed by atoms with E-state index in [2.05, 4.69) is 0 Å². The van der Waals surface area contributed by atoms with Crippen LogP contribution in [0.4, 0.5) is 0 Å². The highest BCUT2D eigenvalue weighted by Crippen LogP contribution is 2.42. The van der Waals surface area contributed by atoms with Crippen molar-refractivity contribution in [3.8, 4) is 5.75 Å². The molecule has 2 rings (SSSR count). The van der Waals surface area contributed by atoms with Crippen LogP contribution in [0.2, 0.25) is 0 Å². The van der Waals surface area contributed by atoms with E-state index < -0.39 is 19.9 Å². The number of ether oxygens (including phenoxy) is 2. The highest BCUT2D eigenvalue weighted by atomic mass is 31.1. The van der Waals surface area contributed by atoms with Gasteiger partial charge < -0.3 is 19.7 Å². The largest absolute Gasteiger partial charge is 0.480 e. The maximum atomic E-state index is 11.1. The number of rotatable bonds is 8. The molecular weight excluding hydrogens is 347 g/mol. The Morgan fingerprint density at radius 3 is 2.28 bits per heavy atom. The Hall–Kier alpha value is -1.73. The van der Waals surface area contributed by atoms with Gasteiger partial charge in [0.25, 0.3) is 0 Å². The molecule has 0 unspecified atom stereocenters. The molecule has 8 nitrogen and oxygen atoms in total. The molecule has 0 aliphatic carbocycles. The van der Waals surface area contributed by atoms with E-state index in [0.717, 1.165) is 10.9 Å². The molecule has 9 heteroatoms. The van der Waals surface area contributed by atoms with Crippen molar-refractivity contribution in [3.63, 3.8) is 0 Å². The van der Waals surface area contributed by atoms with E-state index in [1.807, 2.05) is 25.1 Å². The Balaban J connectivity index is 2.26. The summed E-state index contributed by atoms with van der Waals surface area (Å²) in [5, 5.41) is 19.2. The maximum Gasteiger partial charge on any atom is 0.317 e. The fourth-order valence-electron chi connectivity index (χ4n) is 2.75. The second-order valence-electron chi connectivity index (χ2n) is 5.93. The monoisotopic (exact) mass is 370 g/mol. The molecule has 2 N–H and O–H groups in total. The molecule has 0 atom stereocenters. The van der Waals surface area contributed by atoms with Gasteiger partial charge in [0.2, 0.25) is 0 Å². The van der Waals surface area contributed by atoms with E-state index in [1.165, 1.54) is 0 Å². The average Bonchev–Trinajstić information content (AvgIpc) is 2.52. The maximum absolute atomic E-state index is 11.1. The number of nitrogens with zero attached hydrogens (tertiary/aromatic N) is 2. The summed E-state index contributed by atoms with van der Waals surface area (Å²) in [6.45, 7) is 2.20. The van der Waals surface area contributed by atoms with Crippen LogP contribution in [0.1, 0.15) is 5.56 Å². The van der Waals surface area contributed by atoms with Crippen molar-refractivity contribution in [1.82, 2.24) is 9.80 Å². The summed E-state index contributed by atoms with van der Waals surface area (Å²) >= 11 is 0. The van der Waals surface area contributed by atoms with E-state index in [0.29, 0.717) is 25.0 Å². The fraction of sp³-hybridized carbons (Fsp3) is 0.500. The van der Waals surface area contributed by atoms with Crippen LogP contribution in [-0.2, 0) is 14.3 Å². The first-order valence-corrected chi connectivity index (χ1v) is 9.46. The van der Waals surface area contributed by atoms with Gasteiger partial charge in [0.15, 0.2) is 6.79 Å². The number of aliphatic carboxylic acids is 2. The van der Waals surface area contributed by atoms with Crippen molar-refractivity contribution in [3.05, 3.63) is 23.8 Å². The molecule has 0 bridgehead atoms. The number of carboxylic acids is 2. The van der Waals surface area contributed by atoms with E-state index in [1.54, 1.807) is 16.9 Å². The van der Waals surface area contributed by atoms with Crippen LogP contribution >= 0.6 is 7.92 Å². The van der Waals surface area contributed by atoms with Crippen LogP contribution in [-0.4, -0.2) is 78.2 Å². The Labute approximate surface area is 147 Å². The lowest BCUT2D eigenvalue weighted by molar-refractivity contribution is -0.139. The Morgan fingerprint density at radius 2 is 1.76 bits per heavy atom. The Kier molecular flexibility index (Phi) is 7.13. The van der Waals surface area contributed by atoms with Crippen LogP contribution in [0.3, 0.4) is 0 Å². The molecule has 1 heterocycles. The topological polar surface area (TPSA) is 99.5 Å². The van der Waals surface area contributed by atoms with Crippen molar-refractivity contribution in [2.75, 3.05) is 46.2 Å². The van der Waals surface area contributed by atoms with Crippen LogP contribution in [0.5, 0.6) is 5.75 Å². The zero-order valence-electron chi connectivity index (χ0n) is 14.3. The van der Waals surface area contributed by atoms with Crippen LogP contribution in [0, 0.1) is 6.92 Å². The van der Waals surface area contributed by atoms with E-state index in [-0.39, 0.29) is 19.9 Å². The van der Waals surface area contributed by atoms with Gasteiger partial charge in [0, 0.05) is 25.0 Å². The second kappa shape index (κ2) is 9.10. The summed E-state index contributed by atoms with van der Waals surface area (Å²) in [4.78, 5) is 25.7. The minimum absolute atomic E-state index is 0.116. The molecule has 1 aromatic rings. The van der Waals surface area contributed by atoms with Crippen LogP contribution < -0.4 is 10.0 Å². The van der Waals surface area contributed by atoms with Crippen molar-refractivity contribution >= 4 is 25.2 Å². The third-order valence-corrected chi connectivity index (χ3v) is 6.16. The van der Waals surface area contributed by atoms with Crippen LogP contribution in [0.15, 0.2) is 18.2 Å². The van der Waals surface area contributed by atoms with Gasteiger partial charge in [-0.25, -0.2) is 0 Å². The van der Waals surface area contributed by atoms with Gasteiger partial charge in [-0.2, -0.15) is 0 Å². The lowest BCUT2D eigenvalue weighted by Gasteiger charge is -2.39. The molecule has 0 radical (unpaired) electrons. The van der Waals surface area contributed by atoms with E-state index in [9.17, 15) is 9.59 Å². The lowest BCUT2D eigenvalue weighted by atomic mass is 10.2. The molecule has 1 fully saturated rings. The molecule has 0 aromatic heterocycles. The highest BCUT2D eigenvalue weighted by Gasteiger charge is 2.30. The van der Waals surface area contributed by atoms with Crippen molar-refractivity contribution < 1.29 is 29.3 Å². The summed E-state index contributed by atoms with van der Waals surface area (Å²) in [5.41, 5.74) is 1.07. The minimum Gasteiger partial charge on any atom is -0.480 e. The smallest absolute Gasteiger partial charge is 0.317 e. The van der Waals surface area contributed by atoms with E-state index in [4.69, 9.17) is 19.7 Å². The van der Waals surface area contributed by atoms with Gasteiger partial charge in [0.05, 0.1) is 19.8 Å². The number of aryl methyl sites for hydroxylation is 1. The van der Waals surface area contributed by atoms with Crippen molar-refractivity contribution in [1.29, 1.82) is 0 Å².